The van der Waals surface area contributed by atoms with Gasteiger partial charge in [0.15, 0.2) is 8.32 Å². The molecule has 2 rings (SSSR count). The number of ether oxygens (including phenoxy) is 2. The maximum Gasteiger partial charge on any atom is 0.254 e. The van der Waals surface area contributed by atoms with E-state index in [1.807, 2.05) is 36.1 Å². The molecule has 188 valence electrons. The molecule has 0 unspecified atom stereocenters. The maximum atomic E-state index is 13.6. The summed E-state index contributed by atoms with van der Waals surface area (Å²) in [5.74, 6) is 1.21. The van der Waals surface area contributed by atoms with E-state index in [1.54, 1.807) is 26.4 Å². The van der Waals surface area contributed by atoms with Crippen molar-refractivity contribution in [2.24, 2.45) is 0 Å². The van der Waals surface area contributed by atoms with Gasteiger partial charge in [0.25, 0.3) is 5.91 Å². The molecule has 0 bridgehead atoms. The molecule has 2 aromatic rings. The Bertz CT molecular complexity index is 946. The van der Waals surface area contributed by atoms with Crippen LogP contribution < -0.4 is 9.47 Å². The number of carbonyl (C=O) groups is 1. The Hall–Kier alpha value is -2.02. The molecule has 0 atom stereocenters. The molecule has 0 aliphatic rings. The molecule has 34 heavy (non-hydrogen) atoms. The van der Waals surface area contributed by atoms with Crippen LogP contribution in [0.2, 0.25) is 23.2 Å². The number of benzene rings is 2. The van der Waals surface area contributed by atoms with Crippen LogP contribution in [-0.2, 0) is 10.8 Å². The van der Waals surface area contributed by atoms with Gasteiger partial charge in [0.05, 0.1) is 20.8 Å². The minimum atomic E-state index is -1.91. The number of hydrogen-bond acceptors (Lipinski definition) is 4. The molecule has 0 aliphatic carbocycles. The first kappa shape index (κ1) is 28.2. The minimum absolute atomic E-state index is 0.0606. The Morgan fingerprint density at radius 2 is 1.62 bits per heavy atom. The van der Waals surface area contributed by atoms with E-state index in [9.17, 15) is 4.79 Å². The first-order chi connectivity index (χ1) is 15.9. The summed E-state index contributed by atoms with van der Waals surface area (Å²) in [5.41, 5.74) is 2.50. The zero-order valence-electron chi connectivity index (χ0n) is 22.0. The number of amides is 1. The highest BCUT2D eigenvalue weighted by Crippen LogP contribution is 2.36. The molecule has 0 saturated carbocycles. The smallest absolute Gasteiger partial charge is 0.254 e. The highest BCUT2D eigenvalue weighted by molar-refractivity contribution is 6.74. The standard InChI is InChI=1S/C27H40ClNO4Si/c1-20-24(31-5)18-22(19-25(20)32-6)26(30)29(16-17-33-34(7,8)27(2,3)4)15-11-13-21-12-9-10-14-23(21)28/h9-10,12,14,18-19H,11,13,15-17H2,1-8H3. The summed E-state index contributed by atoms with van der Waals surface area (Å²) in [6, 6.07) is 11.4. The molecule has 7 heteroatoms. The molecule has 1 amide bonds. The van der Waals surface area contributed by atoms with Crippen LogP contribution in [0, 0.1) is 6.92 Å². The Labute approximate surface area is 211 Å². The maximum absolute atomic E-state index is 13.6. The normalized spacial score (nSPS) is 11.9. The van der Waals surface area contributed by atoms with Crippen LogP contribution in [0.15, 0.2) is 36.4 Å². The zero-order valence-corrected chi connectivity index (χ0v) is 23.7. The van der Waals surface area contributed by atoms with E-state index in [1.165, 1.54) is 0 Å². The Kier molecular flexibility index (Phi) is 10.0. The summed E-state index contributed by atoms with van der Waals surface area (Å²) in [5, 5.41) is 0.874. The SMILES string of the molecule is COc1cc(C(=O)N(CCCc2ccccc2Cl)CCO[Si](C)(C)C(C)(C)C)cc(OC)c1C. The van der Waals surface area contributed by atoms with E-state index >= 15 is 0 Å². The molecule has 0 aromatic heterocycles. The Morgan fingerprint density at radius 1 is 1.03 bits per heavy atom. The van der Waals surface area contributed by atoms with Crippen molar-refractivity contribution in [2.45, 2.75) is 58.7 Å². The van der Waals surface area contributed by atoms with E-state index in [4.69, 9.17) is 25.5 Å². The molecular weight excluding hydrogens is 466 g/mol. The summed E-state index contributed by atoms with van der Waals surface area (Å²) in [4.78, 5) is 15.5. The third-order valence-electron chi connectivity index (χ3n) is 6.75. The van der Waals surface area contributed by atoms with Crippen molar-refractivity contribution in [3.63, 3.8) is 0 Å². The molecule has 5 nitrogen and oxygen atoms in total. The minimum Gasteiger partial charge on any atom is -0.496 e. The summed E-state index contributed by atoms with van der Waals surface area (Å²) >= 11 is 6.33. The number of nitrogens with zero attached hydrogens (tertiary/aromatic N) is 1. The Morgan fingerprint density at radius 3 is 2.15 bits per heavy atom. The topological polar surface area (TPSA) is 48.0 Å². The lowest BCUT2D eigenvalue weighted by molar-refractivity contribution is 0.0722. The zero-order chi connectivity index (χ0) is 25.5. The second kappa shape index (κ2) is 12.1. The molecule has 2 aromatic carbocycles. The molecule has 0 N–H and O–H groups in total. The monoisotopic (exact) mass is 505 g/mol. The highest BCUT2D eigenvalue weighted by Gasteiger charge is 2.37. The predicted octanol–water partition coefficient (Wildman–Crippen LogP) is 6.76. The van der Waals surface area contributed by atoms with Gasteiger partial charge in [-0.1, -0.05) is 50.6 Å². The van der Waals surface area contributed by atoms with E-state index in [0.717, 1.165) is 29.0 Å². The number of methoxy groups -OCH3 is 2. The van der Waals surface area contributed by atoms with Crippen LogP contribution in [0.3, 0.4) is 0 Å². The molecule has 0 saturated heterocycles. The van der Waals surface area contributed by atoms with Crippen LogP contribution in [0.4, 0.5) is 0 Å². The van der Waals surface area contributed by atoms with E-state index in [-0.39, 0.29) is 10.9 Å². The van der Waals surface area contributed by atoms with Crippen LogP contribution in [0.1, 0.15) is 48.7 Å². The van der Waals surface area contributed by atoms with E-state index < -0.39 is 8.32 Å². The first-order valence-electron chi connectivity index (χ1n) is 11.8. The second-order valence-electron chi connectivity index (χ2n) is 10.1. The molecule has 0 fully saturated rings. The summed E-state index contributed by atoms with van der Waals surface area (Å²) in [6.07, 6.45) is 1.60. The van der Waals surface area contributed by atoms with Crippen molar-refractivity contribution in [2.75, 3.05) is 33.9 Å². The van der Waals surface area contributed by atoms with Gasteiger partial charge in [-0.2, -0.15) is 0 Å². The number of hydrogen-bond donors (Lipinski definition) is 0. The number of aryl methyl sites for hydroxylation is 1. The average Bonchev–Trinajstić information content (AvgIpc) is 2.78. The molecule has 0 spiro atoms. The molecular formula is C27H40ClNO4Si. The van der Waals surface area contributed by atoms with Crippen molar-refractivity contribution >= 4 is 25.8 Å². The fourth-order valence-electron chi connectivity index (χ4n) is 3.50. The third-order valence-corrected chi connectivity index (χ3v) is 11.7. The van der Waals surface area contributed by atoms with Crippen LogP contribution in [-0.4, -0.2) is 53.0 Å². The van der Waals surface area contributed by atoms with Gasteiger partial charge in [-0.05, 0) is 61.7 Å². The lowest BCUT2D eigenvalue weighted by Gasteiger charge is -2.37. The quantitative estimate of drug-likeness (QED) is 0.316. The van der Waals surface area contributed by atoms with Crippen LogP contribution in [0.5, 0.6) is 11.5 Å². The predicted molar refractivity (Wildman–Crippen MR) is 143 cm³/mol. The van der Waals surface area contributed by atoms with Crippen LogP contribution in [0.25, 0.3) is 0 Å². The Balaban J connectivity index is 2.21. The van der Waals surface area contributed by atoms with Gasteiger partial charge in [0.1, 0.15) is 11.5 Å². The average molecular weight is 506 g/mol. The van der Waals surface area contributed by atoms with Crippen molar-refractivity contribution in [1.29, 1.82) is 0 Å². The van der Waals surface area contributed by atoms with Crippen molar-refractivity contribution < 1.29 is 18.7 Å². The van der Waals surface area contributed by atoms with E-state index in [2.05, 4.69) is 33.9 Å². The first-order valence-corrected chi connectivity index (χ1v) is 15.1. The van der Waals surface area contributed by atoms with Gasteiger partial charge in [0, 0.05) is 29.2 Å². The summed E-state index contributed by atoms with van der Waals surface area (Å²) < 4.78 is 17.4. The van der Waals surface area contributed by atoms with Crippen molar-refractivity contribution in [1.82, 2.24) is 4.90 Å². The molecule has 0 aliphatic heterocycles. The van der Waals surface area contributed by atoms with Crippen molar-refractivity contribution in [3.05, 3.63) is 58.1 Å². The summed E-state index contributed by atoms with van der Waals surface area (Å²) in [6.45, 7) is 14.7. The summed E-state index contributed by atoms with van der Waals surface area (Å²) in [7, 11) is 1.29. The fraction of sp³-hybridized carbons (Fsp3) is 0.519. The van der Waals surface area contributed by atoms with Gasteiger partial charge in [-0.3, -0.25) is 4.79 Å². The number of carbonyl (C=O) groups excluding carboxylic acids is 1. The van der Waals surface area contributed by atoms with Gasteiger partial charge >= 0.3 is 0 Å². The van der Waals surface area contributed by atoms with Crippen molar-refractivity contribution in [3.8, 4) is 11.5 Å². The van der Waals surface area contributed by atoms with E-state index in [0.29, 0.717) is 36.8 Å². The lowest BCUT2D eigenvalue weighted by atomic mass is 10.1. The molecule has 0 heterocycles. The second-order valence-corrected chi connectivity index (χ2v) is 15.3. The highest BCUT2D eigenvalue weighted by atomic mass is 35.5. The van der Waals surface area contributed by atoms with Gasteiger partial charge in [-0.25, -0.2) is 0 Å². The van der Waals surface area contributed by atoms with Crippen LogP contribution >= 0.6 is 11.6 Å². The third kappa shape index (κ3) is 7.24. The number of rotatable bonds is 11. The molecule has 0 radical (unpaired) electrons. The fourth-order valence-corrected chi connectivity index (χ4v) is 4.76. The largest absolute Gasteiger partial charge is 0.496 e. The van der Waals surface area contributed by atoms with Gasteiger partial charge in [-0.15, -0.1) is 0 Å². The van der Waals surface area contributed by atoms with Gasteiger partial charge < -0.3 is 18.8 Å². The number of halogens is 1. The van der Waals surface area contributed by atoms with Gasteiger partial charge in [0.2, 0.25) is 0 Å². The lowest BCUT2D eigenvalue weighted by Crippen LogP contribution is -2.43.